The van der Waals surface area contributed by atoms with Crippen molar-refractivity contribution >= 4 is 34.8 Å². The lowest BCUT2D eigenvalue weighted by molar-refractivity contribution is 0.0982. The van der Waals surface area contributed by atoms with Crippen LogP contribution < -0.4 is 4.90 Å². The van der Waals surface area contributed by atoms with Crippen LogP contribution in [-0.4, -0.2) is 10.9 Å². The number of carbonyl (C=O) groups is 1. The molecule has 1 aromatic carbocycles. The van der Waals surface area contributed by atoms with E-state index in [0.29, 0.717) is 16.5 Å². The van der Waals surface area contributed by atoms with E-state index in [2.05, 4.69) is 4.98 Å². The molecule has 21 heavy (non-hydrogen) atoms. The number of pyridine rings is 1. The number of amides is 1. The third-order valence-electron chi connectivity index (χ3n) is 3.83. The average molecular weight is 321 g/mol. The van der Waals surface area contributed by atoms with Crippen LogP contribution in [0.1, 0.15) is 35.3 Å². The van der Waals surface area contributed by atoms with Crippen LogP contribution >= 0.6 is 23.2 Å². The van der Waals surface area contributed by atoms with Gasteiger partial charge in [-0.1, -0.05) is 11.6 Å². The number of nitrogens with zero attached hydrogens (tertiary/aromatic N) is 2. The number of anilines is 1. The summed E-state index contributed by atoms with van der Waals surface area (Å²) in [7, 11) is 0. The van der Waals surface area contributed by atoms with Crippen molar-refractivity contribution in [3.05, 3.63) is 58.4 Å². The lowest BCUT2D eigenvalue weighted by Crippen LogP contribution is -2.39. The first kappa shape index (κ1) is 14.4. The monoisotopic (exact) mass is 320 g/mol. The van der Waals surface area contributed by atoms with Crippen LogP contribution in [0.15, 0.2) is 36.7 Å². The number of benzene rings is 1. The highest BCUT2D eigenvalue weighted by Gasteiger charge is 2.44. The van der Waals surface area contributed by atoms with Crippen molar-refractivity contribution in [1.82, 2.24) is 4.98 Å². The highest BCUT2D eigenvalue weighted by atomic mass is 35.5. The molecule has 1 aromatic heterocycles. The first-order valence-corrected chi connectivity index (χ1v) is 7.51. The van der Waals surface area contributed by atoms with Crippen molar-refractivity contribution in [2.45, 2.75) is 25.3 Å². The number of halogens is 2. The Kier molecular flexibility index (Phi) is 3.42. The van der Waals surface area contributed by atoms with Crippen molar-refractivity contribution < 1.29 is 4.79 Å². The normalized spacial score (nSPS) is 16.2. The molecule has 0 fully saturated rings. The maximum atomic E-state index is 12.7. The molecule has 1 aliphatic heterocycles. The van der Waals surface area contributed by atoms with Gasteiger partial charge in [0, 0.05) is 22.7 Å². The molecule has 0 atom stereocenters. The fourth-order valence-electron chi connectivity index (χ4n) is 2.81. The van der Waals surface area contributed by atoms with Gasteiger partial charge in [0.2, 0.25) is 0 Å². The third kappa shape index (κ3) is 2.21. The van der Waals surface area contributed by atoms with Crippen molar-refractivity contribution in [2.24, 2.45) is 0 Å². The summed E-state index contributed by atoms with van der Waals surface area (Å²) in [5, 5.41) is 0.629. The maximum absolute atomic E-state index is 12.7. The molecule has 0 saturated heterocycles. The van der Waals surface area contributed by atoms with Gasteiger partial charge in [-0.3, -0.25) is 14.7 Å². The summed E-state index contributed by atoms with van der Waals surface area (Å²) in [5.41, 5.74) is 2.75. The second-order valence-electron chi connectivity index (χ2n) is 5.57. The number of hydrogen-bond acceptors (Lipinski definition) is 2. The summed E-state index contributed by atoms with van der Waals surface area (Å²) in [6, 6.07) is 7.27. The van der Waals surface area contributed by atoms with Gasteiger partial charge in [-0.2, -0.15) is 0 Å². The predicted octanol–water partition coefficient (Wildman–Crippen LogP) is 4.37. The molecular weight excluding hydrogens is 307 g/mol. The Morgan fingerprint density at radius 3 is 2.71 bits per heavy atom. The Morgan fingerprint density at radius 2 is 2.00 bits per heavy atom. The van der Waals surface area contributed by atoms with Gasteiger partial charge in [-0.15, -0.1) is 11.6 Å². The highest BCUT2D eigenvalue weighted by molar-refractivity contribution is 6.31. The summed E-state index contributed by atoms with van der Waals surface area (Å²) < 4.78 is 0. The van der Waals surface area contributed by atoms with E-state index in [1.54, 1.807) is 29.4 Å². The number of hydrogen-bond donors (Lipinski definition) is 0. The van der Waals surface area contributed by atoms with Crippen molar-refractivity contribution in [1.29, 1.82) is 0 Å². The molecule has 2 heterocycles. The Labute approximate surface area is 133 Å². The minimum Gasteiger partial charge on any atom is -0.297 e. The largest absolute Gasteiger partial charge is 0.297 e. The van der Waals surface area contributed by atoms with Crippen LogP contribution in [0.2, 0.25) is 5.02 Å². The van der Waals surface area contributed by atoms with Gasteiger partial charge in [-0.05, 0) is 49.2 Å². The van der Waals surface area contributed by atoms with E-state index in [-0.39, 0.29) is 5.91 Å². The molecule has 0 bridgehead atoms. The number of rotatable bonds is 2. The fraction of sp³-hybridized carbons (Fsp3) is 0.250. The van der Waals surface area contributed by atoms with Gasteiger partial charge in [0.15, 0.2) is 0 Å². The number of aromatic nitrogens is 1. The number of fused-ring (bicyclic) bond motifs is 1. The van der Waals surface area contributed by atoms with Crippen LogP contribution in [0.25, 0.3) is 0 Å². The Bertz CT molecular complexity index is 728. The van der Waals surface area contributed by atoms with Crippen molar-refractivity contribution in [3.63, 3.8) is 0 Å². The quantitative estimate of drug-likeness (QED) is 0.770. The minimum absolute atomic E-state index is 0.0415. The average Bonchev–Trinajstić information content (AvgIpc) is 2.66. The van der Waals surface area contributed by atoms with Crippen LogP contribution in [0, 0.1) is 0 Å². The molecule has 3 nitrogen and oxygen atoms in total. The van der Waals surface area contributed by atoms with Gasteiger partial charge < -0.3 is 0 Å². The molecule has 0 saturated carbocycles. The molecule has 5 heteroatoms. The Balaban J connectivity index is 2.15. The zero-order valence-corrected chi connectivity index (χ0v) is 13.2. The van der Waals surface area contributed by atoms with E-state index < -0.39 is 5.54 Å². The van der Waals surface area contributed by atoms with E-state index in [0.717, 1.165) is 16.8 Å². The molecule has 0 aliphatic carbocycles. The van der Waals surface area contributed by atoms with Crippen molar-refractivity contribution in [3.8, 4) is 0 Å². The Hall–Kier alpha value is -1.58. The standard InChI is InChI=1S/C16H14Cl2N2O/c1-16(2)14-6-11(18)3-4-13(14)15(21)20(16)12-5-10(7-17)8-19-9-12/h3-6,8-9H,7H2,1-2H3. The van der Waals surface area contributed by atoms with E-state index in [4.69, 9.17) is 23.2 Å². The third-order valence-corrected chi connectivity index (χ3v) is 4.37. The van der Waals surface area contributed by atoms with Gasteiger partial charge in [-0.25, -0.2) is 0 Å². The second kappa shape index (κ2) is 5.00. The summed E-state index contributed by atoms with van der Waals surface area (Å²) in [4.78, 5) is 18.7. The van der Waals surface area contributed by atoms with Gasteiger partial charge in [0.05, 0.1) is 17.4 Å². The van der Waals surface area contributed by atoms with Gasteiger partial charge in [0.1, 0.15) is 0 Å². The van der Waals surface area contributed by atoms with Gasteiger partial charge >= 0.3 is 0 Å². The zero-order valence-electron chi connectivity index (χ0n) is 11.7. The molecule has 0 spiro atoms. The molecule has 1 aliphatic rings. The molecule has 3 rings (SSSR count). The van der Waals surface area contributed by atoms with Crippen LogP contribution in [-0.2, 0) is 11.4 Å². The fourth-order valence-corrected chi connectivity index (χ4v) is 3.13. The zero-order chi connectivity index (χ0) is 15.2. The maximum Gasteiger partial charge on any atom is 0.259 e. The highest BCUT2D eigenvalue weighted by Crippen LogP contribution is 2.42. The van der Waals surface area contributed by atoms with E-state index in [9.17, 15) is 4.79 Å². The SMILES string of the molecule is CC1(C)c2cc(Cl)ccc2C(=O)N1c1cncc(CCl)c1. The molecule has 0 radical (unpaired) electrons. The molecule has 2 aromatic rings. The van der Waals surface area contributed by atoms with E-state index >= 15 is 0 Å². The van der Waals surface area contributed by atoms with Crippen molar-refractivity contribution in [2.75, 3.05) is 4.90 Å². The van der Waals surface area contributed by atoms with E-state index in [1.807, 2.05) is 26.0 Å². The lowest BCUT2D eigenvalue weighted by Gasteiger charge is -2.32. The topological polar surface area (TPSA) is 33.2 Å². The predicted molar refractivity (Wildman–Crippen MR) is 85.1 cm³/mol. The summed E-state index contributed by atoms with van der Waals surface area (Å²) in [5.74, 6) is 0.322. The number of carbonyl (C=O) groups excluding carboxylic acids is 1. The first-order valence-electron chi connectivity index (χ1n) is 6.59. The van der Waals surface area contributed by atoms with Crippen LogP contribution in [0.3, 0.4) is 0 Å². The molecule has 0 N–H and O–H groups in total. The van der Waals surface area contributed by atoms with E-state index in [1.165, 1.54) is 0 Å². The molecule has 0 unspecified atom stereocenters. The van der Waals surface area contributed by atoms with Crippen LogP contribution in [0.4, 0.5) is 5.69 Å². The summed E-state index contributed by atoms with van der Waals surface area (Å²) in [6.07, 6.45) is 3.39. The van der Waals surface area contributed by atoms with Gasteiger partial charge in [0.25, 0.3) is 5.91 Å². The van der Waals surface area contributed by atoms with Crippen LogP contribution in [0.5, 0.6) is 0 Å². The molecular formula is C16H14Cl2N2O. The smallest absolute Gasteiger partial charge is 0.259 e. The summed E-state index contributed by atoms with van der Waals surface area (Å²) >= 11 is 11.9. The number of alkyl halides is 1. The molecule has 1 amide bonds. The second-order valence-corrected chi connectivity index (χ2v) is 6.28. The Morgan fingerprint density at radius 1 is 1.24 bits per heavy atom. The first-order chi connectivity index (χ1) is 9.95. The molecule has 108 valence electrons. The lowest BCUT2D eigenvalue weighted by atomic mass is 9.93. The summed E-state index contributed by atoms with van der Waals surface area (Å²) in [6.45, 7) is 4.00. The minimum atomic E-state index is -0.482.